The topological polar surface area (TPSA) is 98.7 Å². The van der Waals surface area contributed by atoms with E-state index in [-0.39, 0.29) is 22.6 Å². The number of nitrogens with one attached hydrogen (secondary N) is 2. The third kappa shape index (κ3) is 3.64. The van der Waals surface area contributed by atoms with Gasteiger partial charge >= 0.3 is 0 Å². The molecule has 3 rings (SSSR count). The van der Waals surface area contributed by atoms with Crippen molar-refractivity contribution >= 4 is 35.3 Å². The van der Waals surface area contributed by atoms with Crippen molar-refractivity contribution in [3.8, 4) is 11.5 Å². The number of hydrogen-bond acceptors (Lipinski definition) is 6. The minimum Gasteiger partial charge on any atom is -0.507 e. The first-order valence-electron chi connectivity index (χ1n) is 7.80. The van der Waals surface area contributed by atoms with Crippen molar-refractivity contribution in [1.82, 2.24) is 0 Å². The summed E-state index contributed by atoms with van der Waals surface area (Å²) in [5, 5.41) is 26.0. The molecule has 6 heteroatoms. The minimum absolute atomic E-state index is 0.107. The monoisotopic (exact) mass is 348 g/mol. The molecule has 0 fully saturated rings. The van der Waals surface area contributed by atoms with Gasteiger partial charge in [0.25, 0.3) is 0 Å². The second kappa shape index (κ2) is 7.40. The second-order valence-electron chi connectivity index (χ2n) is 5.58. The Bertz CT molecular complexity index is 891. The summed E-state index contributed by atoms with van der Waals surface area (Å²) in [7, 11) is 0. The number of benzene rings is 3. The first-order chi connectivity index (χ1) is 12.6. The second-order valence-corrected chi connectivity index (χ2v) is 5.58. The van der Waals surface area contributed by atoms with Crippen LogP contribution in [0.4, 0.5) is 22.7 Å². The van der Waals surface area contributed by atoms with E-state index in [1.54, 1.807) is 12.1 Å². The SMILES string of the molecule is O=Cc1ccc(Nc2ccccc2Nc2ccc(C=O)c(O)c2)cc1O. The van der Waals surface area contributed by atoms with Crippen LogP contribution < -0.4 is 10.6 Å². The van der Waals surface area contributed by atoms with Crippen LogP contribution in [-0.4, -0.2) is 22.8 Å². The Kier molecular flexibility index (Phi) is 4.85. The fourth-order valence-electron chi connectivity index (χ4n) is 2.45. The maximum atomic E-state index is 10.8. The highest BCUT2D eigenvalue weighted by Gasteiger charge is 2.07. The first-order valence-corrected chi connectivity index (χ1v) is 7.80. The molecule has 0 radical (unpaired) electrons. The van der Waals surface area contributed by atoms with E-state index in [4.69, 9.17) is 0 Å². The summed E-state index contributed by atoms with van der Waals surface area (Å²) in [6, 6.07) is 16.7. The van der Waals surface area contributed by atoms with Crippen molar-refractivity contribution in [1.29, 1.82) is 0 Å². The van der Waals surface area contributed by atoms with Gasteiger partial charge in [0.1, 0.15) is 11.5 Å². The third-order valence-corrected chi connectivity index (χ3v) is 3.80. The normalized spacial score (nSPS) is 10.2. The summed E-state index contributed by atoms with van der Waals surface area (Å²) in [4.78, 5) is 21.6. The van der Waals surface area contributed by atoms with Gasteiger partial charge in [-0.05, 0) is 36.4 Å². The molecule has 0 unspecified atom stereocenters. The zero-order valence-electron chi connectivity index (χ0n) is 13.6. The number of hydrogen-bond donors (Lipinski definition) is 4. The Labute approximate surface area is 149 Å². The summed E-state index contributed by atoms with van der Waals surface area (Å²) < 4.78 is 0. The van der Waals surface area contributed by atoms with Gasteiger partial charge in [0.2, 0.25) is 0 Å². The molecule has 4 N–H and O–H groups in total. The van der Waals surface area contributed by atoms with Crippen LogP contribution in [0.1, 0.15) is 20.7 Å². The quantitative estimate of drug-likeness (QED) is 0.498. The Morgan fingerprint density at radius 1 is 0.654 bits per heavy atom. The number of carbonyl (C=O) groups is 2. The van der Waals surface area contributed by atoms with Gasteiger partial charge < -0.3 is 20.8 Å². The molecule has 0 aliphatic carbocycles. The summed E-state index contributed by atoms with van der Waals surface area (Å²) in [5.41, 5.74) is 3.11. The lowest BCUT2D eigenvalue weighted by Crippen LogP contribution is -1.98. The van der Waals surface area contributed by atoms with Crippen LogP contribution in [0, 0.1) is 0 Å². The van der Waals surface area contributed by atoms with Crippen molar-refractivity contribution in [2.24, 2.45) is 0 Å². The summed E-state index contributed by atoms with van der Waals surface area (Å²) in [6.45, 7) is 0. The van der Waals surface area contributed by atoms with Gasteiger partial charge in [-0.1, -0.05) is 12.1 Å². The molecular formula is C20H16N2O4. The number of phenolic OH excluding ortho intramolecular Hbond substituents is 2. The zero-order chi connectivity index (χ0) is 18.5. The van der Waals surface area contributed by atoms with Crippen LogP contribution >= 0.6 is 0 Å². The number of carbonyl (C=O) groups excluding carboxylic acids is 2. The zero-order valence-corrected chi connectivity index (χ0v) is 13.6. The van der Waals surface area contributed by atoms with Crippen LogP contribution in [0.5, 0.6) is 11.5 Å². The molecule has 0 heterocycles. The van der Waals surface area contributed by atoms with Crippen LogP contribution in [-0.2, 0) is 0 Å². The molecular weight excluding hydrogens is 332 g/mol. The summed E-state index contributed by atoms with van der Waals surface area (Å²) in [6.07, 6.45) is 1.17. The largest absolute Gasteiger partial charge is 0.507 e. The number of para-hydroxylation sites is 2. The maximum absolute atomic E-state index is 10.8. The van der Waals surface area contributed by atoms with Gasteiger partial charge in [0, 0.05) is 23.5 Å². The predicted molar refractivity (Wildman–Crippen MR) is 100.0 cm³/mol. The lowest BCUT2D eigenvalue weighted by molar-refractivity contribution is 0.111. The molecule has 0 aliphatic rings. The Morgan fingerprint density at radius 3 is 1.42 bits per heavy atom. The van der Waals surface area contributed by atoms with E-state index >= 15 is 0 Å². The van der Waals surface area contributed by atoms with Crippen LogP contribution in [0.3, 0.4) is 0 Å². The van der Waals surface area contributed by atoms with Crippen molar-refractivity contribution in [2.45, 2.75) is 0 Å². The lowest BCUT2D eigenvalue weighted by atomic mass is 10.1. The number of rotatable bonds is 6. The maximum Gasteiger partial charge on any atom is 0.153 e. The van der Waals surface area contributed by atoms with Crippen LogP contribution in [0.25, 0.3) is 0 Å². The molecule has 26 heavy (non-hydrogen) atoms. The first kappa shape index (κ1) is 17.0. The van der Waals surface area contributed by atoms with Gasteiger partial charge in [-0.3, -0.25) is 9.59 Å². The van der Waals surface area contributed by atoms with E-state index in [0.29, 0.717) is 23.9 Å². The van der Waals surface area contributed by atoms with Gasteiger partial charge in [0.15, 0.2) is 12.6 Å². The fourth-order valence-corrected chi connectivity index (χ4v) is 2.45. The molecule has 0 atom stereocenters. The number of aromatic hydroxyl groups is 2. The molecule has 3 aromatic rings. The van der Waals surface area contributed by atoms with Crippen molar-refractivity contribution in [2.75, 3.05) is 10.6 Å². The van der Waals surface area contributed by atoms with Crippen LogP contribution in [0.2, 0.25) is 0 Å². The summed E-state index contributed by atoms with van der Waals surface area (Å²) in [5.74, 6) is -0.213. The number of phenols is 2. The molecule has 0 saturated carbocycles. The van der Waals surface area contributed by atoms with Gasteiger partial charge in [0.05, 0.1) is 22.5 Å². The molecule has 0 spiro atoms. The molecule has 130 valence electrons. The highest BCUT2D eigenvalue weighted by Crippen LogP contribution is 2.31. The molecule has 0 amide bonds. The average molecular weight is 348 g/mol. The Balaban J connectivity index is 1.86. The third-order valence-electron chi connectivity index (χ3n) is 3.80. The van der Waals surface area contributed by atoms with Crippen molar-refractivity contribution in [3.05, 3.63) is 71.8 Å². The van der Waals surface area contributed by atoms with Gasteiger partial charge in [-0.25, -0.2) is 0 Å². The molecule has 6 nitrogen and oxygen atoms in total. The Hall–Kier alpha value is -3.80. The van der Waals surface area contributed by atoms with E-state index in [9.17, 15) is 19.8 Å². The van der Waals surface area contributed by atoms with Crippen molar-refractivity contribution < 1.29 is 19.8 Å². The van der Waals surface area contributed by atoms with Gasteiger partial charge in [-0.2, -0.15) is 0 Å². The fraction of sp³-hybridized carbons (Fsp3) is 0. The number of anilines is 4. The molecule has 3 aromatic carbocycles. The molecule has 0 saturated heterocycles. The summed E-state index contributed by atoms with van der Waals surface area (Å²) >= 11 is 0. The molecule has 0 aliphatic heterocycles. The highest BCUT2D eigenvalue weighted by atomic mass is 16.3. The van der Waals surface area contributed by atoms with Crippen LogP contribution in [0.15, 0.2) is 60.7 Å². The smallest absolute Gasteiger partial charge is 0.153 e. The van der Waals surface area contributed by atoms with E-state index in [1.165, 1.54) is 24.3 Å². The predicted octanol–water partition coefficient (Wildman–Crippen LogP) is 4.21. The Morgan fingerprint density at radius 2 is 1.08 bits per heavy atom. The van der Waals surface area contributed by atoms with Gasteiger partial charge in [-0.15, -0.1) is 0 Å². The average Bonchev–Trinajstić information content (AvgIpc) is 2.64. The molecule has 0 bridgehead atoms. The lowest BCUT2D eigenvalue weighted by Gasteiger charge is -2.15. The standard InChI is InChI=1S/C20H16N2O4/c23-11-13-5-7-15(9-19(13)25)21-17-3-1-2-4-18(17)22-16-8-6-14(12-24)20(26)10-16/h1-12,21-22,25-26H. The minimum atomic E-state index is -0.107. The van der Waals surface area contributed by atoms with E-state index in [1.807, 2.05) is 24.3 Å². The number of aldehydes is 2. The highest BCUT2D eigenvalue weighted by molar-refractivity contribution is 5.84. The van der Waals surface area contributed by atoms with E-state index < -0.39 is 0 Å². The van der Waals surface area contributed by atoms with Crippen molar-refractivity contribution in [3.63, 3.8) is 0 Å². The van der Waals surface area contributed by atoms with E-state index in [0.717, 1.165) is 11.4 Å². The molecule has 0 aromatic heterocycles. The van der Waals surface area contributed by atoms with E-state index in [2.05, 4.69) is 10.6 Å².